The minimum absolute atomic E-state index is 0.283. The smallest absolute Gasteiger partial charge is 0.306 e. The van der Waals surface area contributed by atoms with Gasteiger partial charge in [-0.15, -0.1) is 0 Å². The molecular formula is C7H4Cl2N2O. The van der Waals surface area contributed by atoms with Crippen LogP contribution in [0.5, 0.6) is 0 Å². The van der Waals surface area contributed by atoms with Gasteiger partial charge < -0.3 is 9.97 Å². The first-order valence-electron chi connectivity index (χ1n) is 3.24. The summed E-state index contributed by atoms with van der Waals surface area (Å²) in [4.78, 5) is 16.0. The highest BCUT2D eigenvalue weighted by molar-refractivity contribution is 6.44. The molecular weight excluding hydrogens is 199 g/mol. The van der Waals surface area contributed by atoms with Crippen LogP contribution in [0.25, 0.3) is 11.0 Å². The molecule has 5 heteroatoms. The van der Waals surface area contributed by atoms with E-state index in [-0.39, 0.29) is 5.69 Å². The molecule has 62 valence electrons. The molecule has 3 nitrogen and oxygen atoms in total. The van der Waals surface area contributed by atoms with Crippen LogP contribution in [-0.2, 0) is 0 Å². The molecule has 0 atom stereocenters. The third kappa shape index (κ3) is 1.02. The molecule has 1 aromatic carbocycles. The summed E-state index contributed by atoms with van der Waals surface area (Å²) in [7, 11) is 0. The van der Waals surface area contributed by atoms with E-state index in [1.807, 2.05) is 0 Å². The van der Waals surface area contributed by atoms with Crippen LogP contribution in [0, 0.1) is 0 Å². The Morgan fingerprint density at radius 3 is 2.67 bits per heavy atom. The molecule has 0 spiro atoms. The standard InChI is InChI=1S/C7H4Cl2N2O/c8-3-1-2-4-6(5(3)9)11-7(12)10-4/h1-2H,(H2,10,11,12). The SMILES string of the molecule is O=c1[nH]c2ccc(Cl)c(Cl)c2[nH]1. The Bertz CT molecular complexity index is 486. The zero-order chi connectivity index (χ0) is 8.72. The zero-order valence-electron chi connectivity index (χ0n) is 5.82. The second kappa shape index (κ2) is 2.54. The maximum atomic E-state index is 10.8. The lowest BCUT2D eigenvalue weighted by molar-refractivity contribution is 1.22. The summed E-state index contributed by atoms with van der Waals surface area (Å²) in [5, 5.41) is 0.798. The largest absolute Gasteiger partial charge is 0.323 e. The Labute approximate surface area is 77.3 Å². The van der Waals surface area contributed by atoms with Crippen molar-refractivity contribution in [3.05, 3.63) is 32.7 Å². The molecule has 0 fully saturated rings. The Kier molecular flexibility index (Phi) is 1.63. The summed E-state index contributed by atoms with van der Waals surface area (Å²) < 4.78 is 0. The van der Waals surface area contributed by atoms with Crippen molar-refractivity contribution in [3.8, 4) is 0 Å². The van der Waals surface area contributed by atoms with Gasteiger partial charge in [0.2, 0.25) is 0 Å². The lowest BCUT2D eigenvalue weighted by Crippen LogP contribution is -1.99. The number of hydrogen-bond acceptors (Lipinski definition) is 1. The minimum Gasteiger partial charge on any atom is -0.306 e. The maximum Gasteiger partial charge on any atom is 0.323 e. The van der Waals surface area contributed by atoms with Gasteiger partial charge in [-0.1, -0.05) is 23.2 Å². The third-order valence-electron chi connectivity index (χ3n) is 1.58. The van der Waals surface area contributed by atoms with Gasteiger partial charge in [0.15, 0.2) is 0 Å². The Balaban J connectivity index is 2.99. The number of aromatic amines is 2. The second-order valence-electron chi connectivity index (χ2n) is 2.36. The van der Waals surface area contributed by atoms with E-state index in [0.717, 1.165) is 0 Å². The highest BCUT2D eigenvalue weighted by Gasteiger charge is 2.05. The Morgan fingerprint density at radius 1 is 1.17 bits per heavy atom. The zero-order valence-corrected chi connectivity index (χ0v) is 7.33. The fourth-order valence-corrected chi connectivity index (χ4v) is 1.41. The predicted molar refractivity (Wildman–Crippen MR) is 48.9 cm³/mol. The first-order valence-corrected chi connectivity index (χ1v) is 4.00. The van der Waals surface area contributed by atoms with Crippen molar-refractivity contribution in [1.29, 1.82) is 0 Å². The van der Waals surface area contributed by atoms with Gasteiger partial charge in [0.25, 0.3) is 0 Å². The van der Waals surface area contributed by atoms with E-state index < -0.39 is 0 Å². The van der Waals surface area contributed by atoms with Gasteiger partial charge in [-0.3, -0.25) is 0 Å². The molecule has 1 heterocycles. The van der Waals surface area contributed by atoms with Crippen molar-refractivity contribution in [2.75, 3.05) is 0 Å². The topological polar surface area (TPSA) is 48.6 Å². The number of hydrogen-bond donors (Lipinski definition) is 2. The van der Waals surface area contributed by atoms with Gasteiger partial charge in [0, 0.05) is 0 Å². The Morgan fingerprint density at radius 2 is 1.92 bits per heavy atom. The van der Waals surface area contributed by atoms with E-state index in [2.05, 4.69) is 9.97 Å². The highest BCUT2D eigenvalue weighted by atomic mass is 35.5. The van der Waals surface area contributed by atoms with Crippen molar-refractivity contribution >= 4 is 34.2 Å². The van der Waals surface area contributed by atoms with Crippen molar-refractivity contribution in [3.63, 3.8) is 0 Å². The van der Waals surface area contributed by atoms with E-state index in [0.29, 0.717) is 21.1 Å². The number of fused-ring (bicyclic) bond motifs is 1. The molecule has 0 bridgehead atoms. The molecule has 12 heavy (non-hydrogen) atoms. The summed E-state index contributed by atoms with van der Waals surface area (Å²) in [6, 6.07) is 3.33. The molecule has 0 aliphatic rings. The fraction of sp³-hybridized carbons (Fsp3) is 0. The maximum absolute atomic E-state index is 10.8. The van der Waals surface area contributed by atoms with Gasteiger partial charge >= 0.3 is 5.69 Å². The summed E-state index contributed by atoms with van der Waals surface area (Å²) in [6.45, 7) is 0. The average molecular weight is 203 g/mol. The highest BCUT2D eigenvalue weighted by Crippen LogP contribution is 2.27. The number of nitrogens with one attached hydrogen (secondary N) is 2. The summed E-state index contributed by atoms with van der Waals surface area (Å²) in [5.74, 6) is 0. The van der Waals surface area contributed by atoms with E-state index in [4.69, 9.17) is 23.2 Å². The van der Waals surface area contributed by atoms with Crippen LogP contribution in [0.1, 0.15) is 0 Å². The number of aromatic nitrogens is 2. The lowest BCUT2D eigenvalue weighted by Gasteiger charge is -1.94. The predicted octanol–water partition coefficient (Wildman–Crippen LogP) is 2.16. The van der Waals surface area contributed by atoms with E-state index in [1.165, 1.54) is 0 Å². The molecule has 2 N–H and O–H groups in total. The third-order valence-corrected chi connectivity index (χ3v) is 2.39. The molecule has 1 aromatic heterocycles. The van der Waals surface area contributed by atoms with Gasteiger partial charge in [0.05, 0.1) is 21.1 Å². The molecule has 2 rings (SSSR count). The number of benzene rings is 1. The van der Waals surface area contributed by atoms with Crippen molar-refractivity contribution in [2.45, 2.75) is 0 Å². The van der Waals surface area contributed by atoms with Crippen LogP contribution in [-0.4, -0.2) is 9.97 Å². The summed E-state index contributed by atoms with van der Waals surface area (Å²) >= 11 is 11.5. The average Bonchev–Trinajstić information content (AvgIpc) is 2.39. The first-order chi connectivity index (χ1) is 5.68. The van der Waals surface area contributed by atoms with Gasteiger partial charge in [-0.05, 0) is 12.1 Å². The fourth-order valence-electron chi connectivity index (χ4n) is 1.04. The van der Waals surface area contributed by atoms with E-state index in [1.54, 1.807) is 12.1 Å². The number of rotatable bonds is 0. The second-order valence-corrected chi connectivity index (χ2v) is 3.15. The van der Waals surface area contributed by atoms with Gasteiger partial charge in [-0.2, -0.15) is 0 Å². The van der Waals surface area contributed by atoms with Crippen molar-refractivity contribution < 1.29 is 0 Å². The van der Waals surface area contributed by atoms with Crippen LogP contribution in [0.3, 0.4) is 0 Å². The van der Waals surface area contributed by atoms with E-state index >= 15 is 0 Å². The van der Waals surface area contributed by atoms with Gasteiger partial charge in [-0.25, -0.2) is 4.79 Å². The molecule has 0 aliphatic heterocycles. The molecule has 0 saturated heterocycles. The molecule has 0 unspecified atom stereocenters. The van der Waals surface area contributed by atoms with Crippen LogP contribution >= 0.6 is 23.2 Å². The molecule has 0 aliphatic carbocycles. The number of H-pyrrole nitrogens is 2. The Hall–Kier alpha value is -0.930. The van der Waals surface area contributed by atoms with Crippen LogP contribution in [0.2, 0.25) is 10.0 Å². The van der Waals surface area contributed by atoms with Crippen LogP contribution < -0.4 is 5.69 Å². The normalized spacial score (nSPS) is 10.8. The monoisotopic (exact) mass is 202 g/mol. The molecule has 0 amide bonds. The number of halogens is 2. The molecule has 0 saturated carbocycles. The van der Waals surface area contributed by atoms with E-state index in [9.17, 15) is 4.79 Å². The summed E-state index contributed by atoms with van der Waals surface area (Å²) in [5.41, 5.74) is 0.928. The number of imidazole rings is 1. The van der Waals surface area contributed by atoms with Crippen LogP contribution in [0.15, 0.2) is 16.9 Å². The van der Waals surface area contributed by atoms with Gasteiger partial charge in [0.1, 0.15) is 0 Å². The summed E-state index contributed by atoms with van der Waals surface area (Å²) in [6.07, 6.45) is 0. The minimum atomic E-state index is -0.283. The first kappa shape index (κ1) is 7.71. The van der Waals surface area contributed by atoms with Crippen molar-refractivity contribution in [2.24, 2.45) is 0 Å². The molecule has 2 aromatic rings. The quantitative estimate of drug-likeness (QED) is 0.677. The molecule has 0 radical (unpaired) electrons. The lowest BCUT2D eigenvalue weighted by atomic mass is 10.3. The van der Waals surface area contributed by atoms with Crippen LogP contribution in [0.4, 0.5) is 0 Å². The van der Waals surface area contributed by atoms with Crippen molar-refractivity contribution in [1.82, 2.24) is 9.97 Å².